The summed E-state index contributed by atoms with van der Waals surface area (Å²) in [5, 5.41) is 12.2. The van der Waals surface area contributed by atoms with Crippen LogP contribution in [0.3, 0.4) is 0 Å². The van der Waals surface area contributed by atoms with Gasteiger partial charge < -0.3 is 14.6 Å². The molecule has 1 aliphatic rings. The molecule has 3 rings (SSSR count). The first kappa shape index (κ1) is 17.8. The van der Waals surface area contributed by atoms with Crippen LogP contribution in [0.5, 0.6) is 5.75 Å². The lowest BCUT2D eigenvalue weighted by Gasteiger charge is -2.13. The molecule has 1 amide bonds. The summed E-state index contributed by atoms with van der Waals surface area (Å²) in [7, 11) is 1.64. The summed E-state index contributed by atoms with van der Waals surface area (Å²) in [4.78, 5) is 12.4. The SMILES string of the molecule is COc1ccc(CNC(=O)[C@H](C)Sc2nnc3n2CCCCC3)cc1. The van der Waals surface area contributed by atoms with Gasteiger partial charge in [0.25, 0.3) is 0 Å². The van der Waals surface area contributed by atoms with Gasteiger partial charge in [0.2, 0.25) is 5.91 Å². The summed E-state index contributed by atoms with van der Waals surface area (Å²) in [5.74, 6) is 1.86. The van der Waals surface area contributed by atoms with Gasteiger partial charge >= 0.3 is 0 Å². The predicted octanol–water partition coefficient (Wildman–Crippen LogP) is 2.81. The first-order chi connectivity index (χ1) is 12.2. The lowest BCUT2D eigenvalue weighted by Crippen LogP contribution is -2.30. The zero-order chi connectivity index (χ0) is 17.6. The van der Waals surface area contributed by atoms with Crippen LogP contribution in [0, 0.1) is 0 Å². The van der Waals surface area contributed by atoms with E-state index in [2.05, 4.69) is 20.1 Å². The topological polar surface area (TPSA) is 69.0 Å². The number of aromatic nitrogens is 3. The second-order valence-electron chi connectivity index (χ2n) is 6.19. The van der Waals surface area contributed by atoms with Crippen LogP contribution in [0.1, 0.15) is 37.6 Å². The third kappa shape index (κ3) is 4.54. The average Bonchev–Trinajstić information content (AvgIpc) is 2.86. The molecular weight excluding hydrogens is 336 g/mol. The van der Waals surface area contributed by atoms with Crippen LogP contribution in [0.15, 0.2) is 29.4 Å². The molecule has 134 valence electrons. The van der Waals surface area contributed by atoms with Gasteiger partial charge in [-0.2, -0.15) is 0 Å². The first-order valence-electron chi connectivity index (χ1n) is 8.67. The van der Waals surface area contributed by atoms with Crippen molar-refractivity contribution in [2.75, 3.05) is 7.11 Å². The largest absolute Gasteiger partial charge is 0.497 e. The monoisotopic (exact) mass is 360 g/mol. The smallest absolute Gasteiger partial charge is 0.233 e. The molecule has 25 heavy (non-hydrogen) atoms. The Labute approximate surface area is 152 Å². The van der Waals surface area contributed by atoms with E-state index >= 15 is 0 Å². The lowest BCUT2D eigenvalue weighted by molar-refractivity contribution is -0.120. The van der Waals surface area contributed by atoms with E-state index in [1.165, 1.54) is 24.6 Å². The molecule has 2 heterocycles. The summed E-state index contributed by atoms with van der Waals surface area (Å²) in [6, 6.07) is 7.70. The fourth-order valence-corrected chi connectivity index (χ4v) is 3.75. The van der Waals surface area contributed by atoms with E-state index in [1.807, 2.05) is 31.2 Å². The van der Waals surface area contributed by atoms with Crippen molar-refractivity contribution in [3.63, 3.8) is 0 Å². The normalized spacial score (nSPS) is 15.1. The van der Waals surface area contributed by atoms with Crippen LogP contribution in [-0.2, 0) is 24.3 Å². The Morgan fingerprint density at radius 1 is 1.28 bits per heavy atom. The lowest BCUT2D eigenvalue weighted by atomic mass is 10.2. The molecule has 1 atom stereocenters. The van der Waals surface area contributed by atoms with Crippen molar-refractivity contribution in [1.82, 2.24) is 20.1 Å². The highest BCUT2D eigenvalue weighted by Gasteiger charge is 2.20. The molecule has 0 aliphatic carbocycles. The van der Waals surface area contributed by atoms with Gasteiger partial charge in [-0.15, -0.1) is 10.2 Å². The number of amides is 1. The van der Waals surface area contributed by atoms with E-state index in [1.54, 1.807) is 7.11 Å². The summed E-state index contributed by atoms with van der Waals surface area (Å²) >= 11 is 1.48. The van der Waals surface area contributed by atoms with Gasteiger partial charge in [-0.05, 0) is 37.5 Å². The molecule has 2 aromatic rings. The Bertz CT molecular complexity index is 714. The number of fused-ring (bicyclic) bond motifs is 1. The van der Waals surface area contributed by atoms with Crippen molar-refractivity contribution in [2.45, 2.75) is 56.1 Å². The molecule has 7 heteroatoms. The Balaban J connectivity index is 1.54. The number of thioether (sulfide) groups is 1. The summed E-state index contributed by atoms with van der Waals surface area (Å²) in [5.41, 5.74) is 1.04. The molecule has 6 nitrogen and oxygen atoms in total. The van der Waals surface area contributed by atoms with E-state index in [4.69, 9.17) is 4.74 Å². The molecule has 1 aliphatic heterocycles. The zero-order valence-electron chi connectivity index (χ0n) is 14.7. The Hall–Kier alpha value is -2.02. The number of aryl methyl sites for hydroxylation is 1. The number of carbonyl (C=O) groups excluding carboxylic acids is 1. The summed E-state index contributed by atoms with van der Waals surface area (Å²) < 4.78 is 7.31. The Morgan fingerprint density at radius 2 is 2.08 bits per heavy atom. The van der Waals surface area contributed by atoms with Gasteiger partial charge in [0.05, 0.1) is 12.4 Å². The molecule has 0 saturated carbocycles. The highest BCUT2D eigenvalue weighted by atomic mass is 32.2. The van der Waals surface area contributed by atoms with E-state index in [9.17, 15) is 4.79 Å². The van der Waals surface area contributed by atoms with Gasteiger partial charge in [0.15, 0.2) is 5.16 Å². The number of ether oxygens (including phenoxy) is 1. The van der Waals surface area contributed by atoms with Crippen LogP contribution in [0.4, 0.5) is 0 Å². The maximum absolute atomic E-state index is 12.4. The molecular formula is C18H24N4O2S. The van der Waals surface area contributed by atoms with E-state index < -0.39 is 0 Å². The number of nitrogens with zero attached hydrogens (tertiary/aromatic N) is 3. The highest BCUT2D eigenvalue weighted by Crippen LogP contribution is 2.25. The van der Waals surface area contributed by atoms with Crippen LogP contribution < -0.4 is 10.1 Å². The van der Waals surface area contributed by atoms with Gasteiger partial charge in [0.1, 0.15) is 11.6 Å². The number of carbonyl (C=O) groups is 1. The molecule has 0 spiro atoms. The molecule has 1 aromatic carbocycles. The van der Waals surface area contributed by atoms with Gasteiger partial charge in [-0.1, -0.05) is 30.3 Å². The van der Waals surface area contributed by atoms with Crippen LogP contribution in [0.2, 0.25) is 0 Å². The van der Waals surface area contributed by atoms with Gasteiger partial charge in [-0.25, -0.2) is 0 Å². The van der Waals surface area contributed by atoms with E-state index in [0.717, 1.165) is 41.7 Å². The Kier molecular flexibility index (Phi) is 5.96. The van der Waals surface area contributed by atoms with Crippen molar-refractivity contribution >= 4 is 17.7 Å². The minimum atomic E-state index is -0.213. The molecule has 1 aromatic heterocycles. The molecule has 0 unspecified atom stereocenters. The Morgan fingerprint density at radius 3 is 2.84 bits per heavy atom. The maximum Gasteiger partial charge on any atom is 0.233 e. The molecule has 0 fully saturated rings. The van der Waals surface area contributed by atoms with Crippen LogP contribution >= 0.6 is 11.8 Å². The van der Waals surface area contributed by atoms with Gasteiger partial charge in [0, 0.05) is 19.5 Å². The van der Waals surface area contributed by atoms with E-state index in [0.29, 0.717) is 6.54 Å². The minimum absolute atomic E-state index is 0.00629. The second kappa shape index (κ2) is 8.38. The average molecular weight is 360 g/mol. The van der Waals surface area contributed by atoms with Crippen molar-refractivity contribution < 1.29 is 9.53 Å². The number of hydrogen-bond acceptors (Lipinski definition) is 5. The number of hydrogen-bond donors (Lipinski definition) is 1. The molecule has 1 N–H and O–H groups in total. The van der Waals surface area contributed by atoms with Crippen molar-refractivity contribution in [3.05, 3.63) is 35.7 Å². The number of benzene rings is 1. The third-order valence-electron chi connectivity index (χ3n) is 4.35. The quantitative estimate of drug-likeness (QED) is 0.802. The van der Waals surface area contributed by atoms with Crippen LogP contribution in [0.25, 0.3) is 0 Å². The maximum atomic E-state index is 12.4. The highest BCUT2D eigenvalue weighted by molar-refractivity contribution is 8.00. The van der Waals surface area contributed by atoms with Crippen LogP contribution in [-0.4, -0.2) is 33.0 Å². The first-order valence-corrected chi connectivity index (χ1v) is 9.54. The summed E-state index contributed by atoms with van der Waals surface area (Å²) in [6.45, 7) is 3.36. The summed E-state index contributed by atoms with van der Waals surface area (Å²) in [6.07, 6.45) is 4.52. The number of nitrogens with one attached hydrogen (secondary N) is 1. The van der Waals surface area contributed by atoms with Gasteiger partial charge in [-0.3, -0.25) is 4.79 Å². The fraction of sp³-hybridized carbons (Fsp3) is 0.500. The number of rotatable bonds is 6. The molecule has 0 radical (unpaired) electrons. The fourth-order valence-electron chi connectivity index (χ4n) is 2.83. The molecule has 0 saturated heterocycles. The minimum Gasteiger partial charge on any atom is -0.497 e. The van der Waals surface area contributed by atoms with Crippen molar-refractivity contribution in [3.8, 4) is 5.75 Å². The van der Waals surface area contributed by atoms with E-state index in [-0.39, 0.29) is 11.2 Å². The second-order valence-corrected chi connectivity index (χ2v) is 7.50. The standard InChI is InChI=1S/C18H24N4O2S/c1-13(17(23)19-12-14-7-9-15(24-2)10-8-14)25-18-21-20-16-6-4-3-5-11-22(16)18/h7-10,13H,3-6,11-12H2,1-2H3,(H,19,23)/t13-/m0/s1. The predicted molar refractivity (Wildman–Crippen MR) is 97.7 cm³/mol. The van der Waals surface area contributed by atoms with Crippen molar-refractivity contribution in [1.29, 1.82) is 0 Å². The third-order valence-corrected chi connectivity index (χ3v) is 5.43. The zero-order valence-corrected chi connectivity index (χ0v) is 15.5. The molecule has 0 bridgehead atoms. The number of methoxy groups -OCH3 is 1. The van der Waals surface area contributed by atoms with Crippen molar-refractivity contribution in [2.24, 2.45) is 0 Å².